The van der Waals surface area contributed by atoms with Gasteiger partial charge >= 0.3 is 0 Å². The van der Waals surface area contributed by atoms with Gasteiger partial charge in [0.25, 0.3) is 0 Å². The quantitative estimate of drug-likeness (QED) is 0.275. The van der Waals surface area contributed by atoms with E-state index in [1.165, 1.54) is 49.4 Å². The van der Waals surface area contributed by atoms with Gasteiger partial charge in [-0.3, -0.25) is 4.79 Å². The van der Waals surface area contributed by atoms with Crippen molar-refractivity contribution < 1.29 is 4.79 Å². The van der Waals surface area contributed by atoms with Gasteiger partial charge in [0.2, 0.25) is 0 Å². The molecule has 32 heavy (non-hydrogen) atoms. The lowest BCUT2D eigenvalue weighted by Crippen LogP contribution is -2.03. The van der Waals surface area contributed by atoms with Gasteiger partial charge in [0.15, 0.2) is 0 Å². The SMILES string of the molecule is O=Cc1cccc(-c2c3c(c(-c4cccc5ccccc45)c4ccccc24)C=CCC3)c1. The van der Waals surface area contributed by atoms with E-state index in [0.717, 1.165) is 24.7 Å². The lowest BCUT2D eigenvalue weighted by Gasteiger charge is -2.24. The Morgan fingerprint density at radius 1 is 0.688 bits per heavy atom. The van der Waals surface area contributed by atoms with Crippen LogP contribution in [0.1, 0.15) is 27.9 Å². The third-order valence-electron chi connectivity index (χ3n) is 6.58. The highest BCUT2D eigenvalue weighted by Crippen LogP contribution is 2.45. The third-order valence-corrected chi connectivity index (χ3v) is 6.58. The summed E-state index contributed by atoms with van der Waals surface area (Å²) in [5.74, 6) is 0. The minimum Gasteiger partial charge on any atom is -0.298 e. The first-order valence-corrected chi connectivity index (χ1v) is 11.1. The van der Waals surface area contributed by atoms with E-state index in [0.29, 0.717) is 5.56 Å². The number of fused-ring (bicyclic) bond motifs is 3. The largest absolute Gasteiger partial charge is 0.298 e. The summed E-state index contributed by atoms with van der Waals surface area (Å²) < 4.78 is 0. The van der Waals surface area contributed by atoms with Crippen LogP contribution in [0, 0.1) is 0 Å². The van der Waals surface area contributed by atoms with E-state index in [4.69, 9.17) is 0 Å². The second kappa shape index (κ2) is 7.62. The Balaban J connectivity index is 1.78. The molecule has 0 saturated carbocycles. The second-order valence-electron chi connectivity index (χ2n) is 8.40. The van der Waals surface area contributed by atoms with Crippen molar-refractivity contribution in [3.05, 3.63) is 114 Å². The lowest BCUT2D eigenvalue weighted by molar-refractivity contribution is 0.112. The van der Waals surface area contributed by atoms with E-state index in [1.54, 1.807) is 0 Å². The maximum Gasteiger partial charge on any atom is 0.150 e. The van der Waals surface area contributed by atoms with Crippen LogP contribution in [0.5, 0.6) is 0 Å². The molecule has 5 aromatic carbocycles. The Morgan fingerprint density at radius 3 is 2.25 bits per heavy atom. The highest BCUT2D eigenvalue weighted by atomic mass is 16.1. The average Bonchev–Trinajstić information content (AvgIpc) is 2.87. The summed E-state index contributed by atoms with van der Waals surface area (Å²) in [5, 5.41) is 5.02. The van der Waals surface area contributed by atoms with Crippen LogP contribution >= 0.6 is 0 Å². The van der Waals surface area contributed by atoms with Crippen molar-refractivity contribution in [3.63, 3.8) is 0 Å². The molecule has 0 saturated heterocycles. The Kier molecular flexibility index (Phi) is 4.47. The fourth-order valence-corrected chi connectivity index (χ4v) is 5.22. The van der Waals surface area contributed by atoms with Crippen LogP contribution < -0.4 is 0 Å². The molecule has 0 N–H and O–H groups in total. The third kappa shape index (κ3) is 2.90. The molecule has 152 valence electrons. The van der Waals surface area contributed by atoms with E-state index in [-0.39, 0.29) is 0 Å². The van der Waals surface area contributed by atoms with E-state index >= 15 is 0 Å². The van der Waals surface area contributed by atoms with Crippen LogP contribution in [-0.4, -0.2) is 6.29 Å². The van der Waals surface area contributed by atoms with Crippen molar-refractivity contribution in [2.24, 2.45) is 0 Å². The smallest absolute Gasteiger partial charge is 0.150 e. The molecule has 0 unspecified atom stereocenters. The Hall–Kier alpha value is -3.97. The number of aldehydes is 1. The van der Waals surface area contributed by atoms with Gasteiger partial charge in [0.05, 0.1) is 0 Å². The number of carbonyl (C=O) groups is 1. The lowest BCUT2D eigenvalue weighted by atomic mass is 9.79. The van der Waals surface area contributed by atoms with Crippen LogP contribution in [-0.2, 0) is 6.42 Å². The zero-order valence-corrected chi connectivity index (χ0v) is 17.7. The molecule has 5 aromatic rings. The van der Waals surface area contributed by atoms with Gasteiger partial charge in [-0.25, -0.2) is 0 Å². The van der Waals surface area contributed by atoms with Crippen molar-refractivity contribution in [2.75, 3.05) is 0 Å². The summed E-state index contributed by atoms with van der Waals surface area (Å²) in [4.78, 5) is 11.5. The monoisotopic (exact) mass is 410 g/mol. The summed E-state index contributed by atoms with van der Waals surface area (Å²) in [6.07, 6.45) is 7.55. The van der Waals surface area contributed by atoms with Gasteiger partial charge in [-0.05, 0) is 73.8 Å². The fourth-order valence-electron chi connectivity index (χ4n) is 5.22. The minimum absolute atomic E-state index is 0.713. The molecule has 1 aliphatic carbocycles. The molecule has 0 spiro atoms. The topological polar surface area (TPSA) is 17.1 Å². The molecule has 0 heterocycles. The number of rotatable bonds is 3. The molecular formula is C31H22O. The predicted molar refractivity (Wildman–Crippen MR) is 135 cm³/mol. The summed E-state index contributed by atoms with van der Waals surface area (Å²) in [7, 11) is 0. The Morgan fingerprint density at radius 2 is 1.41 bits per heavy atom. The van der Waals surface area contributed by atoms with Gasteiger partial charge < -0.3 is 0 Å². The molecule has 0 amide bonds. The first-order valence-electron chi connectivity index (χ1n) is 11.1. The number of carbonyl (C=O) groups excluding carboxylic acids is 1. The van der Waals surface area contributed by atoms with Crippen LogP contribution in [0.2, 0.25) is 0 Å². The highest BCUT2D eigenvalue weighted by Gasteiger charge is 2.22. The normalized spacial score (nSPS) is 12.8. The fraction of sp³-hybridized carbons (Fsp3) is 0.0645. The summed E-state index contributed by atoms with van der Waals surface area (Å²) in [5.41, 5.74) is 8.34. The van der Waals surface area contributed by atoms with Gasteiger partial charge in [-0.1, -0.05) is 97.1 Å². The number of allylic oxidation sites excluding steroid dienone is 1. The van der Waals surface area contributed by atoms with Crippen LogP contribution in [0.3, 0.4) is 0 Å². The molecule has 0 atom stereocenters. The molecular weight excluding hydrogens is 388 g/mol. The van der Waals surface area contributed by atoms with Crippen molar-refractivity contribution in [1.82, 2.24) is 0 Å². The van der Waals surface area contributed by atoms with Crippen molar-refractivity contribution in [1.29, 1.82) is 0 Å². The van der Waals surface area contributed by atoms with E-state index in [9.17, 15) is 4.79 Å². The van der Waals surface area contributed by atoms with Crippen LogP contribution in [0.15, 0.2) is 97.1 Å². The van der Waals surface area contributed by atoms with Crippen LogP contribution in [0.25, 0.3) is 49.9 Å². The number of hydrogen-bond acceptors (Lipinski definition) is 1. The molecule has 0 radical (unpaired) electrons. The maximum absolute atomic E-state index is 11.5. The van der Waals surface area contributed by atoms with Crippen molar-refractivity contribution in [2.45, 2.75) is 12.8 Å². The standard InChI is InChI=1S/C31H22O/c32-20-21-9-7-12-23(19-21)30-26-14-3-5-16-28(26)31(29-17-6-4-15-27(29)30)25-18-8-11-22-10-1-2-13-24(22)25/h1-3,5-14,16-20H,4,15H2. The van der Waals surface area contributed by atoms with Crippen LogP contribution in [0.4, 0.5) is 0 Å². The molecule has 0 bridgehead atoms. The van der Waals surface area contributed by atoms with Crippen molar-refractivity contribution >= 4 is 33.9 Å². The Labute approximate surface area is 187 Å². The van der Waals surface area contributed by atoms with E-state index < -0.39 is 0 Å². The maximum atomic E-state index is 11.5. The molecule has 0 fully saturated rings. The summed E-state index contributed by atoms with van der Waals surface area (Å²) in [6, 6.07) is 31.9. The average molecular weight is 411 g/mol. The first kappa shape index (κ1) is 18.8. The second-order valence-corrected chi connectivity index (χ2v) is 8.40. The van der Waals surface area contributed by atoms with Gasteiger partial charge in [0, 0.05) is 5.56 Å². The highest BCUT2D eigenvalue weighted by molar-refractivity contribution is 6.13. The Bertz CT molecular complexity index is 1530. The van der Waals surface area contributed by atoms with Crippen molar-refractivity contribution in [3.8, 4) is 22.3 Å². The van der Waals surface area contributed by atoms with Gasteiger partial charge in [0.1, 0.15) is 6.29 Å². The summed E-state index contributed by atoms with van der Waals surface area (Å²) >= 11 is 0. The molecule has 0 aliphatic heterocycles. The zero-order valence-electron chi connectivity index (χ0n) is 17.7. The molecule has 1 heteroatoms. The zero-order chi connectivity index (χ0) is 21.5. The van der Waals surface area contributed by atoms with Gasteiger partial charge in [-0.2, -0.15) is 0 Å². The van der Waals surface area contributed by atoms with E-state index in [2.05, 4.69) is 84.9 Å². The first-order chi connectivity index (χ1) is 15.8. The molecule has 1 nitrogen and oxygen atoms in total. The number of benzene rings is 5. The summed E-state index contributed by atoms with van der Waals surface area (Å²) in [6.45, 7) is 0. The predicted octanol–water partition coefficient (Wildman–Crippen LogP) is 8.10. The molecule has 6 rings (SSSR count). The van der Waals surface area contributed by atoms with Gasteiger partial charge in [-0.15, -0.1) is 0 Å². The van der Waals surface area contributed by atoms with E-state index in [1.807, 2.05) is 18.2 Å². The molecule has 1 aliphatic rings. The molecule has 0 aromatic heterocycles. The number of hydrogen-bond donors (Lipinski definition) is 0. The minimum atomic E-state index is 0.713.